The summed E-state index contributed by atoms with van der Waals surface area (Å²) in [4.78, 5) is 31.3. The van der Waals surface area contributed by atoms with Gasteiger partial charge in [-0.05, 0) is 67.0 Å². The Bertz CT molecular complexity index is 2030. The van der Waals surface area contributed by atoms with Crippen LogP contribution in [0.1, 0.15) is 82.2 Å². The van der Waals surface area contributed by atoms with Crippen molar-refractivity contribution in [2.75, 3.05) is 20.2 Å². The number of hydrogen-bond donors (Lipinski definition) is 3. The summed E-state index contributed by atoms with van der Waals surface area (Å²) in [6.45, 7) is 4.27. The van der Waals surface area contributed by atoms with Gasteiger partial charge in [0.2, 0.25) is 11.6 Å². The number of benzene rings is 3. The van der Waals surface area contributed by atoms with Gasteiger partial charge in [-0.3, -0.25) is 14.5 Å². The van der Waals surface area contributed by atoms with Gasteiger partial charge in [-0.2, -0.15) is 0 Å². The van der Waals surface area contributed by atoms with E-state index in [1.807, 2.05) is 66.7 Å². The second-order valence-electron chi connectivity index (χ2n) is 13.9. The van der Waals surface area contributed by atoms with Crippen molar-refractivity contribution in [3.8, 4) is 17.4 Å². The van der Waals surface area contributed by atoms with E-state index in [2.05, 4.69) is 17.0 Å². The number of ether oxygens (including phenoxy) is 3. The van der Waals surface area contributed by atoms with Crippen LogP contribution in [-0.2, 0) is 24.4 Å². The molecule has 4 aromatic rings. The third kappa shape index (κ3) is 5.25. The van der Waals surface area contributed by atoms with Crippen LogP contribution in [0.15, 0.2) is 76.8 Å². The Morgan fingerprint density at radius 3 is 2.35 bits per heavy atom. The number of aliphatic hydroxyl groups excluding tert-OH is 1. The Kier molecular flexibility index (Phi) is 8.44. The van der Waals surface area contributed by atoms with Crippen LogP contribution in [0.3, 0.4) is 0 Å². The molecule has 1 saturated carbocycles. The fourth-order valence-corrected chi connectivity index (χ4v) is 8.69. The van der Waals surface area contributed by atoms with Gasteiger partial charge in [-0.1, -0.05) is 67.6 Å². The molecule has 3 aromatic carbocycles. The number of aliphatic hydroxyl groups is 2. The summed E-state index contributed by atoms with van der Waals surface area (Å²) in [6, 6.07) is 20.0. The first kappa shape index (κ1) is 33.2. The van der Waals surface area contributed by atoms with Gasteiger partial charge in [0.05, 0.1) is 18.7 Å². The summed E-state index contributed by atoms with van der Waals surface area (Å²) >= 11 is 0. The van der Waals surface area contributed by atoms with Gasteiger partial charge in [-0.15, -0.1) is 0 Å². The number of fused-ring (bicyclic) bond motifs is 4. The van der Waals surface area contributed by atoms with Crippen molar-refractivity contribution in [2.45, 2.75) is 63.5 Å². The van der Waals surface area contributed by atoms with E-state index in [-0.39, 0.29) is 54.2 Å². The number of methoxy groups -OCH3 is 1. The molecule has 4 aliphatic rings. The molecule has 2 fully saturated rings. The van der Waals surface area contributed by atoms with Crippen LogP contribution < -0.4 is 19.9 Å². The van der Waals surface area contributed by atoms with Crippen LogP contribution in [0.2, 0.25) is 0 Å². The van der Waals surface area contributed by atoms with Gasteiger partial charge in [0.15, 0.2) is 11.4 Å². The molecule has 0 amide bonds. The number of Topliss-reactive ketones (excluding diaryl/α,β-unsaturated/α-hetero) is 2. The average Bonchev–Trinajstić information content (AvgIpc) is 3.81. The molecule has 0 radical (unpaired) electrons. The van der Waals surface area contributed by atoms with E-state index in [4.69, 9.17) is 24.5 Å². The Balaban J connectivity index is 1.22. The Morgan fingerprint density at radius 2 is 1.69 bits per heavy atom. The van der Waals surface area contributed by atoms with Crippen LogP contribution in [0.5, 0.6) is 17.4 Å². The highest BCUT2D eigenvalue weighted by atomic mass is 16.5. The summed E-state index contributed by atoms with van der Waals surface area (Å²) in [5, 5.41) is 28.4. The number of carbonyl (C=O) groups is 2. The second-order valence-corrected chi connectivity index (χ2v) is 13.9. The number of carbonyl (C=O) groups excluding carboxylic acids is 2. The van der Waals surface area contributed by atoms with Gasteiger partial charge in [0, 0.05) is 28.7 Å². The molecule has 1 aliphatic heterocycles. The van der Waals surface area contributed by atoms with E-state index < -0.39 is 35.0 Å². The minimum atomic E-state index is -2.57. The van der Waals surface area contributed by atoms with Crippen molar-refractivity contribution in [2.24, 2.45) is 17.6 Å². The number of likely N-dealkylation sites (tertiary alicyclic amines) is 1. The van der Waals surface area contributed by atoms with Crippen LogP contribution >= 0.6 is 0 Å². The third-order valence-corrected chi connectivity index (χ3v) is 11.2. The average molecular weight is 692 g/mol. The van der Waals surface area contributed by atoms with E-state index in [9.17, 15) is 19.8 Å². The summed E-state index contributed by atoms with van der Waals surface area (Å²) in [5.74, 6) is -2.76. The molecule has 0 unspecified atom stereocenters. The molecule has 1 saturated heterocycles. The van der Waals surface area contributed by atoms with Crippen LogP contribution in [0.25, 0.3) is 5.76 Å². The van der Waals surface area contributed by atoms with Crippen molar-refractivity contribution in [1.82, 2.24) is 10.1 Å². The third-order valence-electron chi connectivity index (χ3n) is 11.2. The summed E-state index contributed by atoms with van der Waals surface area (Å²) < 4.78 is 24.0. The highest BCUT2D eigenvalue weighted by Crippen LogP contribution is 2.56. The predicted molar refractivity (Wildman–Crippen MR) is 186 cm³/mol. The minimum absolute atomic E-state index is 0.0242. The smallest absolute Gasteiger partial charge is 0.265 e. The lowest BCUT2D eigenvalue weighted by atomic mass is 9.57. The summed E-state index contributed by atoms with van der Waals surface area (Å²) in [7, 11) is 1.62. The molecule has 0 spiro atoms. The topological polar surface area (TPSA) is 158 Å². The first-order chi connectivity index (χ1) is 24.8. The molecule has 3 aliphatic carbocycles. The molecule has 0 bridgehead atoms. The number of hydrogen-bond acceptors (Lipinski definition) is 11. The molecular formula is C40H41N3O8. The fraction of sp³-hybridized carbons (Fsp3) is 0.375. The van der Waals surface area contributed by atoms with E-state index in [0.717, 1.165) is 48.2 Å². The quantitative estimate of drug-likeness (QED) is 0.186. The standard InChI is InChI=1S/C40H41N3O8/c1-3-43-16-10-15-28(43)25-19-29(49-20-22-11-6-4-7-12-22)31-26(35(25)48-2)17-24-18-27-33(41)36-32(38(46)40(27,47)37(45)30(24)34(31)44)39(42-51-36)50-21-23-13-8-5-9-14-23/h4-9,11-14,19,24,27-28,33,44,47H,3,10,15-18,20-21,41H2,1-2H3/t24-,27-,28-,33-,40-/m0/s1. The zero-order chi connectivity index (χ0) is 35.4. The minimum Gasteiger partial charge on any atom is -0.507 e. The molecule has 51 heavy (non-hydrogen) atoms. The number of ketones is 2. The van der Waals surface area contributed by atoms with Crippen LogP contribution in [0.4, 0.5) is 0 Å². The Morgan fingerprint density at radius 1 is 1.00 bits per heavy atom. The van der Waals surface area contributed by atoms with Gasteiger partial charge in [0.1, 0.15) is 36.0 Å². The maximum Gasteiger partial charge on any atom is 0.265 e. The van der Waals surface area contributed by atoms with Crippen molar-refractivity contribution in [1.29, 1.82) is 0 Å². The number of rotatable bonds is 9. The SMILES string of the molecule is CCN1CCC[C@H]1c1cc(OCc2ccccc2)c2c(c1OC)C[C@H]1C[C@H]3[C@H](N)c4onc(OCc5ccccc5)c4C(=O)[C@@]3(O)C(=O)C1=C2O. The molecule has 11 heteroatoms. The first-order valence-corrected chi connectivity index (χ1v) is 17.6. The zero-order valence-electron chi connectivity index (χ0n) is 28.6. The molecule has 11 nitrogen and oxygen atoms in total. The highest BCUT2D eigenvalue weighted by Gasteiger charge is 2.64. The summed E-state index contributed by atoms with van der Waals surface area (Å²) in [6.07, 6.45) is 2.42. The first-order valence-electron chi connectivity index (χ1n) is 17.6. The van der Waals surface area contributed by atoms with E-state index >= 15 is 0 Å². The van der Waals surface area contributed by atoms with Gasteiger partial charge in [-0.25, -0.2) is 0 Å². The zero-order valence-corrected chi connectivity index (χ0v) is 28.6. The van der Waals surface area contributed by atoms with Crippen molar-refractivity contribution in [3.63, 3.8) is 0 Å². The fourth-order valence-electron chi connectivity index (χ4n) is 8.69. The van der Waals surface area contributed by atoms with E-state index in [1.165, 1.54) is 0 Å². The largest absolute Gasteiger partial charge is 0.507 e. The van der Waals surface area contributed by atoms with E-state index in [1.54, 1.807) is 7.11 Å². The van der Waals surface area contributed by atoms with Crippen LogP contribution in [0, 0.1) is 11.8 Å². The second kappa shape index (κ2) is 13.0. The van der Waals surface area contributed by atoms with Crippen molar-refractivity contribution in [3.05, 3.63) is 111 Å². The Hall–Kier alpha value is -4.97. The molecule has 1 aromatic heterocycles. The lowest BCUT2D eigenvalue weighted by Crippen LogP contribution is -2.63. The lowest BCUT2D eigenvalue weighted by Gasteiger charge is -2.47. The Labute approximate surface area is 295 Å². The maximum atomic E-state index is 14.6. The summed E-state index contributed by atoms with van der Waals surface area (Å²) in [5.41, 5.74) is 7.74. The van der Waals surface area contributed by atoms with Crippen molar-refractivity contribution >= 4 is 17.3 Å². The van der Waals surface area contributed by atoms with Gasteiger partial charge >= 0.3 is 0 Å². The number of nitrogens with zero attached hydrogens (tertiary/aromatic N) is 2. The lowest BCUT2D eigenvalue weighted by molar-refractivity contribution is -0.140. The molecule has 8 rings (SSSR count). The molecular weight excluding hydrogens is 650 g/mol. The van der Waals surface area contributed by atoms with Crippen molar-refractivity contribution < 1.29 is 38.5 Å². The van der Waals surface area contributed by atoms with Gasteiger partial charge < -0.3 is 34.7 Å². The molecule has 2 heterocycles. The molecule has 264 valence electrons. The van der Waals surface area contributed by atoms with Gasteiger partial charge in [0.25, 0.3) is 5.88 Å². The molecule has 4 N–H and O–H groups in total. The predicted octanol–water partition coefficient (Wildman–Crippen LogP) is 5.66. The van der Waals surface area contributed by atoms with E-state index in [0.29, 0.717) is 23.5 Å². The maximum absolute atomic E-state index is 14.6. The van der Waals surface area contributed by atoms with Crippen LogP contribution in [-0.4, -0.2) is 57.6 Å². The normalized spacial score (nSPS) is 25.6. The highest BCUT2D eigenvalue weighted by molar-refractivity contribution is 6.26. The monoisotopic (exact) mass is 691 g/mol. The molecule has 5 atom stereocenters. The number of nitrogens with two attached hydrogens (primary N) is 1. The number of aromatic nitrogens is 1.